The van der Waals surface area contributed by atoms with Crippen LogP contribution in [0.15, 0.2) is 18.2 Å². The molecule has 78 valence electrons. The van der Waals surface area contributed by atoms with Gasteiger partial charge in [0.05, 0.1) is 0 Å². The zero-order valence-electron chi connectivity index (χ0n) is 9.25. The molecule has 2 heteroatoms. The maximum absolute atomic E-state index is 9.37. The minimum Gasteiger partial charge on any atom is -0.508 e. The highest BCUT2D eigenvalue weighted by Gasteiger charge is 2.01. The Hall–Kier alpha value is -1.02. The normalized spacial score (nSPS) is 10.9. The summed E-state index contributed by atoms with van der Waals surface area (Å²) in [7, 11) is 2.12. The van der Waals surface area contributed by atoms with Crippen LogP contribution in [0, 0.1) is 6.92 Å². The maximum Gasteiger partial charge on any atom is 0.118 e. The second kappa shape index (κ2) is 5.01. The van der Waals surface area contributed by atoms with Crippen LogP contribution < -0.4 is 0 Å². The van der Waals surface area contributed by atoms with Crippen molar-refractivity contribution in [1.29, 1.82) is 0 Å². The molecule has 0 aliphatic carbocycles. The van der Waals surface area contributed by atoms with E-state index < -0.39 is 0 Å². The van der Waals surface area contributed by atoms with Crippen molar-refractivity contribution in [3.63, 3.8) is 0 Å². The third-order valence-corrected chi connectivity index (χ3v) is 2.32. The lowest BCUT2D eigenvalue weighted by Crippen LogP contribution is -2.18. The number of hydrogen-bond donors (Lipinski definition) is 1. The SMILES string of the molecule is CCCN(C)Cc1ccc(O)c(C)c1. The Morgan fingerprint density at radius 1 is 1.36 bits per heavy atom. The van der Waals surface area contributed by atoms with Gasteiger partial charge in [-0.05, 0) is 44.1 Å². The number of nitrogens with zero attached hydrogens (tertiary/aromatic N) is 1. The number of rotatable bonds is 4. The van der Waals surface area contributed by atoms with E-state index in [2.05, 4.69) is 18.9 Å². The van der Waals surface area contributed by atoms with Crippen LogP contribution in [-0.4, -0.2) is 23.6 Å². The minimum atomic E-state index is 0.381. The molecule has 0 aliphatic heterocycles. The van der Waals surface area contributed by atoms with Gasteiger partial charge >= 0.3 is 0 Å². The average Bonchev–Trinajstić information content (AvgIpc) is 2.12. The first kappa shape index (κ1) is 11.1. The van der Waals surface area contributed by atoms with Crippen molar-refractivity contribution in [3.05, 3.63) is 29.3 Å². The van der Waals surface area contributed by atoms with E-state index in [4.69, 9.17) is 0 Å². The third-order valence-electron chi connectivity index (χ3n) is 2.32. The van der Waals surface area contributed by atoms with E-state index in [1.54, 1.807) is 6.07 Å². The van der Waals surface area contributed by atoms with Crippen molar-refractivity contribution in [2.75, 3.05) is 13.6 Å². The third kappa shape index (κ3) is 3.04. The fraction of sp³-hybridized carbons (Fsp3) is 0.500. The van der Waals surface area contributed by atoms with Crippen LogP contribution in [0.5, 0.6) is 5.75 Å². The van der Waals surface area contributed by atoms with Gasteiger partial charge in [0.25, 0.3) is 0 Å². The Kier molecular flexibility index (Phi) is 3.96. The minimum absolute atomic E-state index is 0.381. The Labute approximate surface area is 86.2 Å². The molecule has 0 aromatic heterocycles. The molecule has 0 bridgehead atoms. The monoisotopic (exact) mass is 193 g/mol. The second-order valence-corrected chi connectivity index (χ2v) is 3.86. The zero-order chi connectivity index (χ0) is 10.6. The summed E-state index contributed by atoms with van der Waals surface area (Å²) in [5.74, 6) is 0.381. The quantitative estimate of drug-likeness (QED) is 0.794. The smallest absolute Gasteiger partial charge is 0.118 e. The molecule has 0 unspecified atom stereocenters. The highest BCUT2D eigenvalue weighted by Crippen LogP contribution is 2.17. The Morgan fingerprint density at radius 2 is 2.07 bits per heavy atom. The standard InChI is InChI=1S/C12H19NO/c1-4-7-13(3)9-11-5-6-12(14)10(2)8-11/h5-6,8,14H,4,7,9H2,1-3H3. The number of hydrogen-bond acceptors (Lipinski definition) is 2. The van der Waals surface area contributed by atoms with E-state index in [1.165, 1.54) is 12.0 Å². The van der Waals surface area contributed by atoms with E-state index in [-0.39, 0.29) is 0 Å². The number of phenols is 1. The fourth-order valence-electron chi connectivity index (χ4n) is 1.59. The first-order valence-electron chi connectivity index (χ1n) is 5.10. The molecule has 0 atom stereocenters. The van der Waals surface area contributed by atoms with Gasteiger partial charge in [-0.25, -0.2) is 0 Å². The van der Waals surface area contributed by atoms with Crippen LogP contribution in [0.25, 0.3) is 0 Å². The maximum atomic E-state index is 9.37. The molecule has 0 amide bonds. The fourth-order valence-corrected chi connectivity index (χ4v) is 1.59. The molecule has 0 fully saturated rings. The van der Waals surface area contributed by atoms with Gasteiger partial charge in [0.2, 0.25) is 0 Å². The number of aromatic hydroxyl groups is 1. The summed E-state index contributed by atoms with van der Waals surface area (Å²) in [6.07, 6.45) is 1.17. The number of aryl methyl sites for hydroxylation is 1. The largest absolute Gasteiger partial charge is 0.508 e. The lowest BCUT2D eigenvalue weighted by Gasteiger charge is -2.15. The van der Waals surface area contributed by atoms with Crippen molar-refractivity contribution in [2.24, 2.45) is 0 Å². The summed E-state index contributed by atoms with van der Waals surface area (Å²) in [5, 5.41) is 9.37. The summed E-state index contributed by atoms with van der Waals surface area (Å²) in [4.78, 5) is 2.28. The summed E-state index contributed by atoms with van der Waals surface area (Å²) in [5.41, 5.74) is 2.21. The Morgan fingerprint density at radius 3 is 2.64 bits per heavy atom. The van der Waals surface area contributed by atoms with Crippen molar-refractivity contribution in [2.45, 2.75) is 26.8 Å². The van der Waals surface area contributed by atoms with E-state index in [0.29, 0.717) is 5.75 Å². The van der Waals surface area contributed by atoms with Gasteiger partial charge in [0.1, 0.15) is 5.75 Å². The highest BCUT2D eigenvalue weighted by molar-refractivity contribution is 5.34. The molecular formula is C12H19NO. The van der Waals surface area contributed by atoms with Crippen LogP contribution in [-0.2, 0) is 6.54 Å². The molecular weight excluding hydrogens is 174 g/mol. The molecule has 0 saturated heterocycles. The topological polar surface area (TPSA) is 23.5 Å². The molecule has 0 aliphatic rings. The zero-order valence-corrected chi connectivity index (χ0v) is 9.25. The number of phenolic OH excluding ortho intramolecular Hbond substituents is 1. The lowest BCUT2D eigenvalue weighted by atomic mass is 10.1. The van der Waals surface area contributed by atoms with Crippen LogP contribution in [0.3, 0.4) is 0 Å². The molecule has 1 rings (SSSR count). The molecule has 0 saturated carbocycles. The van der Waals surface area contributed by atoms with Gasteiger partial charge < -0.3 is 10.0 Å². The van der Waals surface area contributed by atoms with Crippen LogP contribution in [0.2, 0.25) is 0 Å². The summed E-state index contributed by atoms with van der Waals surface area (Å²) < 4.78 is 0. The van der Waals surface area contributed by atoms with Crippen molar-refractivity contribution >= 4 is 0 Å². The highest BCUT2D eigenvalue weighted by atomic mass is 16.3. The Bertz CT molecular complexity index is 296. The predicted molar refractivity (Wildman–Crippen MR) is 59.5 cm³/mol. The number of benzene rings is 1. The van der Waals surface area contributed by atoms with Gasteiger partial charge in [0.15, 0.2) is 0 Å². The van der Waals surface area contributed by atoms with Crippen LogP contribution in [0.1, 0.15) is 24.5 Å². The molecule has 0 radical (unpaired) electrons. The van der Waals surface area contributed by atoms with Gasteiger partial charge in [-0.3, -0.25) is 0 Å². The van der Waals surface area contributed by atoms with E-state index in [1.807, 2.05) is 19.1 Å². The van der Waals surface area contributed by atoms with E-state index >= 15 is 0 Å². The molecule has 0 spiro atoms. The Balaban J connectivity index is 2.63. The van der Waals surface area contributed by atoms with Crippen molar-refractivity contribution in [1.82, 2.24) is 4.90 Å². The first-order valence-corrected chi connectivity index (χ1v) is 5.10. The van der Waals surface area contributed by atoms with Gasteiger partial charge in [-0.2, -0.15) is 0 Å². The molecule has 1 N–H and O–H groups in total. The summed E-state index contributed by atoms with van der Waals surface area (Å²) >= 11 is 0. The first-order chi connectivity index (χ1) is 6.63. The van der Waals surface area contributed by atoms with Gasteiger partial charge in [-0.1, -0.05) is 19.1 Å². The van der Waals surface area contributed by atoms with Crippen LogP contribution >= 0.6 is 0 Å². The second-order valence-electron chi connectivity index (χ2n) is 3.86. The summed E-state index contributed by atoms with van der Waals surface area (Å²) in [6.45, 7) is 6.17. The predicted octanol–water partition coefficient (Wildman–Crippen LogP) is 2.54. The van der Waals surface area contributed by atoms with Gasteiger partial charge in [0, 0.05) is 6.54 Å². The molecule has 0 heterocycles. The molecule has 1 aromatic carbocycles. The lowest BCUT2D eigenvalue weighted by molar-refractivity contribution is 0.327. The summed E-state index contributed by atoms with van der Waals surface area (Å²) in [6, 6.07) is 5.79. The molecule has 1 aromatic rings. The van der Waals surface area contributed by atoms with E-state index in [0.717, 1.165) is 18.7 Å². The van der Waals surface area contributed by atoms with Gasteiger partial charge in [-0.15, -0.1) is 0 Å². The van der Waals surface area contributed by atoms with Crippen molar-refractivity contribution < 1.29 is 5.11 Å². The van der Waals surface area contributed by atoms with E-state index in [9.17, 15) is 5.11 Å². The van der Waals surface area contributed by atoms with Crippen molar-refractivity contribution in [3.8, 4) is 5.75 Å². The molecule has 14 heavy (non-hydrogen) atoms. The van der Waals surface area contributed by atoms with Crippen LogP contribution in [0.4, 0.5) is 0 Å². The average molecular weight is 193 g/mol. The molecule has 2 nitrogen and oxygen atoms in total.